The van der Waals surface area contributed by atoms with Crippen molar-refractivity contribution in [3.8, 4) is 5.75 Å². The zero-order valence-electron chi connectivity index (χ0n) is 16.0. The molecule has 150 valence electrons. The normalized spacial score (nSPS) is 14.8. The van der Waals surface area contributed by atoms with Gasteiger partial charge >= 0.3 is 0 Å². The van der Waals surface area contributed by atoms with Gasteiger partial charge in [0.1, 0.15) is 5.75 Å². The van der Waals surface area contributed by atoms with Crippen molar-refractivity contribution in [1.82, 2.24) is 4.72 Å². The molecule has 1 saturated carbocycles. The van der Waals surface area contributed by atoms with Crippen LogP contribution in [0, 0.1) is 0 Å². The first-order valence-corrected chi connectivity index (χ1v) is 11.4. The van der Waals surface area contributed by atoms with Crippen LogP contribution in [-0.4, -0.2) is 33.2 Å². The van der Waals surface area contributed by atoms with Crippen molar-refractivity contribution in [1.29, 1.82) is 0 Å². The monoisotopic (exact) mass is 402 g/mol. The minimum atomic E-state index is -3.19. The molecule has 3 rings (SSSR count). The molecule has 1 aliphatic carbocycles. The van der Waals surface area contributed by atoms with Gasteiger partial charge in [-0.25, -0.2) is 13.1 Å². The lowest BCUT2D eigenvalue weighted by molar-refractivity contribution is 0.102. The quantitative estimate of drug-likeness (QED) is 0.709. The third-order valence-electron chi connectivity index (χ3n) is 4.69. The van der Waals surface area contributed by atoms with E-state index < -0.39 is 10.0 Å². The maximum absolute atomic E-state index is 12.5. The topological polar surface area (TPSA) is 84.5 Å². The van der Waals surface area contributed by atoms with E-state index in [0.717, 1.165) is 30.4 Å². The highest BCUT2D eigenvalue weighted by molar-refractivity contribution is 7.88. The molecule has 0 aliphatic heterocycles. The first-order chi connectivity index (χ1) is 13.4. The van der Waals surface area contributed by atoms with E-state index in [1.807, 2.05) is 36.4 Å². The van der Waals surface area contributed by atoms with E-state index in [0.29, 0.717) is 24.2 Å². The molecule has 28 heavy (non-hydrogen) atoms. The van der Waals surface area contributed by atoms with E-state index in [1.54, 1.807) is 12.1 Å². The van der Waals surface area contributed by atoms with Crippen molar-refractivity contribution >= 4 is 21.6 Å². The summed E-state index contributed by atoms with van der Waals surface area (Å²) in [6, 6.07) is 14.6. The molecule has 0 saturated heterocycles. The first-order valence-electron chi connectivity index (χ1n) is 9.51. The van der Waals surface area contributed by atoms with Crippen LogP contribution in [0.4, 0.5) is 5.69 Å². The number of anilines is 1. The molecule has 1 amide bonds. The van der Waals surface area contributed by atoms with Gasteiger partial charge in [-0.15, -0.1) is 0 Å². The average molecular weight is 403 g/mol. The zero-order valence-corrected chi connectivity index (χ0v) is 16.8. The van der Waals surface area contributed by atoms with Crippen LogP contribution in [-0.2, 0) is 16.4 Å². The Labute approximate surface area is 166 Å². The van der Waals surface area contributed by atoms with Crippen molar-refractivity contribution in [2.24, 2.45) is 0 Å². The lowest BCUT2D eigenvalue weighted by atomic mass is 10.1. The fourth-order valence-electron chi connectivity index (χ4n) is 3.25. The highest BCUT2D eigenvalue weighted by atomic mass is 32.2. The van der Waals surface area contributed by atoms with Crippen molar-refractivity contribution in [3.05, 3.63) is 59.7 Å². The lowest BCUT2D eigenvalue weighted by Crippen LogP contribution is -2.24. The van der Waals surface area contributed by atoms with Gasteiger partial charge in [0.2, 0.25) is 10.0 Å². The summed E-state index contributed by atoms with van der Waals surface area (Å²) >= 11 is 0. The van der Waals surface area contributed by atoms with E-state index >= 15 is 0 Å². The van der Waals surface area contributed by atoms with E-state index in [9.17, 15) is 13.2 Å². The van der Waals surface area contributed by atoms with Gasteiger partial charge in [-0.1, -0.05) is 18.2 Å². The molecule has 7 heteroatoms. The van der Waals surface area contributed by atoms with Gasteiger partial charge in [-0.2, -0.15) is 0 Å². The number of rotatable bonds is 8. The van der Waals surface area contributed by atoms with Crippen LogP contribution in [0.2, 0.25) is 0 Å². The van der Waals surface area contributed by atoms with Crippen LogP contribution in [0.1, 0.15) is 41.6 Å². The number of hydrogen-bond donors (Lipinski definition) is 2. The number of carbonyl (C=O) groups is 1. The second kappa shape index (κ2) is 9.21. The Hall–Kier alpha value is -2.38. The summed E-state index contributed by atoms with van der Waals surface area (Å²) < 4.78 is 30.6. The van der Waals surface area contributed by atoms with Crippen LogP contribution >= 0.6 is 0 Å². The summed E-state index contributed by atoms with van der Waals surface area (Å²) in [5, 5.41) is 2.90. The smallest absolute Gasteiger partial charge is 0.255 e. The van der Waals surface area contributed by atoms with Crippen LogP contribution < -0.4 is 14.8 Å². The largest absolute Gasteiger partial charge is 0.490 e. The highest BCUT2D eigenvalue weighted by Crippen LogP contribution is 2.26. The Bertz CT molecular complexity index is 904. The minimum absolute atomic E-state index is 0.196. The molecule has 2 aromatic carbocycles. The van der Waals surface area contributed by atoms with Gasteiger partial charge in [0.05, 0.1) is 12.4 Å². The first kappa shape index (κ1) is 20.4. The zero-order chi connectivity index (χ0) is 20.0. The van der Waals surface area contributed by atoms with Gasteiger partial charge in [0.25, 0.3) is 5.91 Å². The summed E-state index contributed by atoms with van der Waals surface area (Å²) in [6.45, 7) is 0.332. The summed E-state index contributed by atoms with van der Waals surface area (Å²) in [5.41, 5.74) is 2.20. The molecule has 0 radical (unpaired) electrons. The van der Waals surface area contributed by atoms with E-state index in [2.05, 4.69) is 10.0 Å². The lowest BCUT2D eigenvalue weighted by Gasteiger charge is -2.14. The Morgan fingerprint density at radius 1 is 1.11 bits per heavy atom. The molecule has 2 aromatic rings. The number of ether oxygens (including phenoxy) is 1. The molecular formula is C21H26N2O4S. The summed E-state index contributed by atoms with van der Waals surface area (Å²) in [5.74, 6) is 0.581. The van der Waals surface area contributed by atoms with Crippen molar-refractivity contribution in [2.45, 2.75) is 38.2 Å². The third kappa shape index (κ3) is 6.35. The van der Waals surface area contributed by atoms with Gasteiger partial charge in [0, 0.05) is 23.9 Å². The Kier molecular flexibility index (Phi) is 6.70. The molecule has 1 fully saturated rings. The summed E-state index contributed by atoms with van der Waals surface area (Å²) in [4.78, 5) is 12.5. The number of hydrogen-bond acceptors (Lipinski definition) is 4. The van der Waals surface area contributed by atoms with E-state index in [4.69, 9.17) is 4.74 Å². The molecule has 0 aromatic heterocycles. The van der Waals surface area contributed by atoms with E-state index in [-0.39, 0.29) is 12.0 Å². The Morgan fingerprint density at radius 3 is 2.50 bits per heavy atom. The van der Waals surface area contributed by atoms with Gasteiger partial charge in [-0.05, 0) is 61.9 Å². The van der Waals surface area contributed by atoms with Crippen molar-refractivity contribution < 1.29 is 17.9 Å². The van der Waals surface area contributed by atoms with Gasteiger partial charge < -0.3 is 10.1 Å². The molecule has 0 heterocycles. The number of amides is 1. The number of carbonyl (C=O) groups excluding carboxylic acids is 1. The molecular weight excluding hydrogens is 376 g/mol. The number of sulfonamides is 1. The second-order valence-corrected chi connectivity index (χ2v) is 8.95. The fraction of sp³-hybridized carbons (Fsp3) is 0.381. The molecule has 2 N–H and O–H groups in total. The van der Waals surface area contributed by atoms with Crippen LogP contribution in [0.25, 0.3) is 0 Å². The number of benzene rings is 2. The maximum atomic E-state index is 12.5. The van der Waals surface area contributed by atoms with Crippen molar-refractivity contribution in [2.75, 3.05) is 18.1 Å². The maximum Gasteiger partial charge on any atom is 0.255 e. The average Bonchev–Trinajstić information content (AvgIpc) is 3.14. The molecule has 1 aliphatic rings. The third-order valence-corrected chi connectivity index (χ3v) is 5.42. The van der Waals surface area contributed by atoms with Crippen LogP contribution in [0.15, 0.2) is 48.5 Å². The second-order valence-electron chi connectivity index (χ2n) is 7.12. The number of nitrogens with one attached hydrogen (secondary N) is 2. The van der Waals surface area contributed by atoms with Gasteiger partial charge in [-0.3, -0.25) is 4.79 Å². The van der Waals surface area contributed by atoms with Crippen molar-refractivity contribution in [3.63, 3.8) is 0 Å². The molecule has 0 unspecified atom stereocenters. The SMILES string of the molecule is CS(=O)(=O)NCCc1ccc(C(=O)Nc2cccc(OC3CCCC3)c2)cc1. The molecule has 0 atom stereocenters. The predicted molar refractivity (Wildman–Crippen MR) is 110 cm³/mol. The predicted octanol–water partition coefficient (Wildman–Crippen LogP) is 3.35. The highest BCUT2D eigenvalue weighted by Gasteiger charge is 2.16. The Balaban J connectivity index is 1.55. The Morgan fingerprint density at radius 2 is 1.82 bits per heavy atom. The van der Waals surface area contributed by atoms with E-state index in [1.165, 1.54) is 12.8 Å². The van der Waals surface area contributed by atoms with Crippen LogP contribution in [0.3, 0.4) is 0 Å². The molecule has 6 nitrogen and oxygen atoms in total. The van der Waals surface area contributed by atoms with Gasteiger partial charge in [0.15, 0.2) is 0 Å². The fourth-order valence-corrected chi connectivity index (χ4v) is 3.73. The summed E-state index contributed by atoms with van der Waals surface area (Å²) in [7, 11) is -3.19. The van der Waals surface area contributed by atoms with Crippen LogP contribution in [0.5, 0.6) is 5.75 Å². The molecule has 0 spiro atoms. The minimum Gasteiger partial charge on any atom is -0.490 e. The summed E-state index contributed by atoms with van der Waals surface area (Å²) in [6.07, 6.45) is 6.56. The standard InChI is InChI=1S/C21H26N2O4S/c1-28(25,26)22-14-13-16-9-11-17(12-10-16)21(24)23-18-5-4-8-20(15-18)27-19-6-2-3-7-19/h4-5,8-12,15,19,22H,2-3,6-7,13-14H2,1H3,(H,23,24). The molecule has 0 bridgehead atoms.